The van der Waals surface area contributed by atoms with Crippen LogP contribution in [-0.2, 0) is 14.4 Å². The molecule has 0 aromatic heterocycles. The van der Waals surface area contributed by atoms with E-state index < -0.39 is 51.1 Å². The van der Waals surface area contributed by atoms with E-state index in [0.717, 1.165) is 25.1 Å². The number of aliphatic carboxylic acids is 2. The molecule has 0 heterocycles. The van der Waals surface area contributed by atoms with Gasteiger partial charge >= 0.3 is 18.0 Å². The van der Waals surface area contributed by atoms with E-state index in [-0.39, 0.29) is 10.6 Å². The number of ketones is 1. The van der Waals surface area contributed by atoms with E-state index in [4.69, 9.17) is 16.7 Å². The van der Waals surface area contributed by atoms with Crippen molar-refractivity contribution in [3.63, 3.8) is 0 Å². The Morgan fingerprint density at radius 1 is 1.12 bits per heavy atom. The largest absolute Gasteiger partial charge is 0.481 e. The molecule has 3 unspecified atom stereocenters. The molecule has 0 aliphatic rings. The lowest BCUT2D eigenvalue weighted by Crippen LogP contribution is -2.43. The standard InChI is InChI=1S/C13H11ClN2O9/c1-5(17)9(12(18)19)10(11(13(20)21)16(24)25)6-2-3-7(14)8(4-6)15(22)23/h2-4,9-11H,1H3,(H,18,19)(H,20,21). The molecule has 0 fully saturated rings. The van der Waals surface area contributed by atoms with Crippen molar-refractivity contribution in [1.29, 1.82) is 0 Å². The van der Waals surface area contributed by atoms with Crippen molar-refractivity contribution < 1.29 is 34.4 Å². The molecule has 0 saturated heterocycles. The Balaban J connectivity index is 3.72. The molecule has 1 aromatic rings. The lowest BCUT2D eigenvalue weighted by molar-refractivity contribution is -0.515. The Hall–Kier alpha value is -3.08. The SMILES string of the molecule is CC(=O)C(C(=O)O)C(c1ccc(Cl)c([N+](=O)[O-])c1)C(C(=O)O)[N+](=O)[O-]. The van der Waals surface area contributed by atoms with Crippen molar-refractivity contribution in [2.75, 3.05) is 0 Å². The maximum Gasteiger partial charge on any atom is 0.379 e. The number of halogens is 1. The van der Waals surface area contributed by atoms with Gasteiger partial charge in [0, 0.05) is 11.0 Å². The van der Waals surface area contributed by atoms with Crippen LogP contribution in [0.2, 0.25) is 5.02 Å². The molecule has 0 aliphatic carbocycles. The van der Waals surface area contributed by atoms with E-state index in [1.54, 1.807) is 0 Å². The summed E-state index contributed by atoms with van der Waals surface area (Å²) < 4.78 is 0. The van der Waals surface area contributed by atoms with Gasteiger partial charge in [0.1, 0.15) is 16.7 Å². The Morgan fingerprint density at radius 3 is 2.04 bits per heavy atom. The number of carboxylic acid groups (broad SMARTS) is 2. The first-order valence-corrected chi connectivity index (χ1v) is 6.90. The van der Waals surface area contributed by atoms with Gasteiger partial charge in [0.25, 0.3) is 5.69 Å². The Kier molecular flexibility index (Phi) is 6.12. The van der Waals surface area contributed by atoms with Gasteiger partial charge in [-0.1, -0.05) is 17.7 Å². The number of carboxylic acids is 2. The monoisotopic (exact) mass is 374 g/mol. The molecule has 2 N–H and O–H groups in total. The molecule has 1 aromatic carbocycles. The third kappa shape index (κ3) is 4.26. The minimum atomic E-state index is -2.51. The summed E-state index contributed by atoms with van der Waals surface area (Å²) in [7, 11) is 0. The first-order chi connectivity index (χ1) is 11.5. The molecule has 0 saturated carbocycles. The summed E-state index contributed by atoms with van der Waals surface area (Å²) in [5.41, 5.74) is -1.08. The second kappa shape index (κ2) is 7.66. The second-order valence-electron chi connectivity index (χ2n) is 4.99. The number of nitrogens with zero attached hydrogens (tertiary/aromatic N) is 2. The van der Waals surface area contributed by atoms with Gasteiger partial charge in [0.15, 0.2) is 0 Å². The van der Waals surface area contributed by atoms with E-state index in [2.05, 4.69) is 0 Å². The molecule has 0 spiro atoms. The van der Waals surface area contributed by atoms with Crippen LogP contribution in [0.25, 0.3) is 0 Å². The van der Waals surface area contributed by atoms with Crippen molar-refractivity contribution in [2.24, 2.45) is 5.92 Å². The van der Waals surface area contributed by atoms with Gasteiger partial charge in [-0.05, 0) is 18.6 Å². The number of carbonyl (C=O) groups is 3. The summed E-state index contributed by atoms with van der Waals surface area (Å²) in [6.07, 6.45) is 0. The van der Waals surface area contributed by atoms with Crippen LogP contribution in [0.15, 0.2) is 18.2 Å². The Labute approximate surface area is 144 Å². The van der Waals surface area contributed by atoms with Crippen LogP contribution < -0.4 is 0 Å². The number of hydrogen-bond acceptors (Lipinski definition) is 7. The maximum absolute atomic E-state index is 11.7. The molecule has 25 heavy (non-hydrogen) atoms. The minimum Gasteiger partial charge on any atom is -0.481 e. The van der Waals surface area contributed by atoms with Crippen LogP contribution in [0, 0.1) is 26.1 Å². The van der Waals surface area contributed by atoms with Gasteiger partial charge in [-0.15, -0.1) is 0 Å². The number of hydrogen-bond donors (Lipinski definition) is 2. The molecule has 0 bridgehead atoms. The van der Waals surface area contributed by atoms with Crippen molar-refractivity contribution in [2.45, 2.75) is 18.9 Å². The van der Waals surface area contributed by atoms with Crippen molar-refractivity contribution in [3.05, 3.63) is 49.0 Å². The van der Waals surface area contributed by atoms with E-state index in [0.29, 0.717) is 0 Å². The number of Topliss-reactive ketones (excluding diaryl/α,β-unsaturated/α-hetero) is 1. The molecule has 0 amide bonds. The summed E-state index contributed by atoms with van der Waals surface area (Å²) in [6, 6.07) is 0.203. The van der Waals surface area contributed by atoms with E-state index in [1.165, 1.54) is 0 Å². The van der Waals surface area contributed by atoms with Gasteiger partial charge in [-0.2, -0.15) is 0 Å². The molecule has 0 aliphatic heterocycles. The quantitative estimate of drug-likeness (QED) is 0.385. The molecule has 11 nitrogen and oxygen atoms in total. The first kappa shape index (κ1) is 20.0. The highest BCUT2D eigenvalue weighted by Crippen LogP contribution is 2.35. The van der Waals surface area contributed by atoms with Crippen molar-refractivity contribution >= 4 is 35.0 Å². The maximum atomic E-state index is 11.7. The second-order valence-corrected chi connectivity index (χ2v) is 5.40. The van der Waals surface area contributed by atoms with E-state index >= 15 is 0 Å². The van der Waals surface area contributed by atoms with Crippen LogP contribution in [0.1, 0.15) is 18.4 Å². The summed E-state index contributed by atoms with van der Waals surface area (Å²) in [6.45, 7) is 0.828. The van der Waals surface area contributed by atoms with E-state index in [1.807, 2.05) is 0 Å². The molecule has 3 atom stereocenters. The normalized spacial score (nSPS) is 14.2. The lowest BCUT2D eigenvalue weighted by atomic mass is 9.78. The molecule has 0 radical (unpaired) electrons. The van der Waals surface area contributed by atoms with Gasteiger partial charge < -0.3 is 10.2 Å². The van der Waals surface area contributed by atoms with Gasteiger partial charge in [0.2, 0.25) is 0 Å². The topological polar surface area (TPSA) is 178 Å². The molecule has 134 valence electrons. The highest BCUT2D eigenvalue weighted by Gasteiger charge is 2.49. The van der Waals surface area contributed by atoms with Gasteiger partial charge in [-0.3, -0.25) is 29.8 Å². The van der Waals surface area contributed by atoms with E-state index in [9.17, 15) is 39.7 Å². The number of rotatable bonds is 8. The number of carbonyl (C=O) groups excluding carboxylic acids is 1. The zero-order chi connectivity index (χ0) is 19.5. The summed E-state index contributed by atoms with van der Waals surface area (Å²) in [5.74, 6) is -8.88. The average Bonchev–Trinajstić information content (AvgIpc) is 2.45. The van der Waals surface area contributed by atoms with Crippen LogP contribution in [-0.4, -0.2) is 43.8 Å². The van der Waals surface area contributed by atoms with Crippen LogP contribution in [0.4, 0.5) is 5.69 Å². The summed E-state index contributed by atoms with van der Waals surface area (Å²) in [5, 5.41) is 40.1. The molecular weight excluding hydrogens is 364 g/mol. The van der Waals surface area contributed by atoms with Crippen LogP contribution in [0.3, 0.4) is 0 Å². The fourth-order valence-corrected chi connectivity index (χ4v) is 2.58. The average molecular weight is 375 g/mol. The number of nitro benzene ring substituents is 1. The lowest BCUT2D eigenvalue weighted by Gasteiger charge is -2.23. The molecular formula is C13H11ClN2O9. The first-order valence-electron chi connectivity index (χ1n) is 6.52. The fourth-order valence-electron chi connectivity index (χ4n) is 2.39. The predicted octanol–water partition coefficient (Wildman–Crippen LogP) is 1.35. The zero-order valence-electron chi connectivity index (χ0n) is 12.5. The number of nitro groups is 2. The highest BCUT2D eigenvalue weighted by atomic mass is 35.5. The highest BCUT2D eigenvalue weighted by molar-refractivity contribution is 6.32. The Bertz CT molecular complexity index is 704. The van der Waals surface area contributed by atoms with Crippen molar-refractivity contribution in [3.8, 4) is 0 Å². The smallest absolute Gasteiger partial charge is 0.379 e. The minimum absolute atomic E-state index is 0.338. The van der Waals surface area contributed by atoms with Gasteiger partial charge in [-0.25, -0.2) is 4.79 Å². The third-order valence-corrected chi connectivity index (χ3v) is 3.75. The summed E-state index contributed by atoms with van der Waals surface area (Å²) in [4.78, 5) is 54.3. The fraction of sp³-hybridized carbons (Fsp3) is 0.308. The van der Waals surface area contributed by atoms with Crippen LogP contribution in [0.5, 0.6) is 0 Å². The third-order valence-electron chi connectivity index (χ3n) is 3.44. The number of benzene rings is 1. The van der Waals surface area contributed by atoms with Gasteiger partial charge in [0.05, 0.1) is 10.8 Å². The predicted molar refractivity (Wildman–Crippen MR) is 81.1 cm³/mol. The molecule has 12 heteroatoms. The Morgan fingerprint density at radius 2 is 1.68 bits per heavy atom. The molecule has 1 rings (SSSR count). The summed E-state index contributed by atoms with van der Waals surface area (Å²) >= 11 is 5.63. The van der Waals surface area contributed by atoms with Crippen molar-refractivity contribution in [1.82, 2.24) is 0 Å². The van der Waals surface area contributed by atoms with Crippen LogP contribution >= 0.6 is 11.6 Å². The zero-order valence-corrected chi connectivity index (χ0v) is 13.2.